The Balaban J connectivity index is 0.000000154. The molecule has 0 N–H and O–H groups in total. The SMILES string of the molecule is Cc1cc(N2c3ccccc3C=Cc3ccccc32)cc(C)c1Br.Cc1cc(N2c3ccccc3C=Cc3ccccc32)cc(C)c1C=O. The van der Waals surface area contributed by atoms with Gasteiger partial charge in [-0.05, 0) is 121 Å². The van der Waals surface area contributed by atoms with Crippen LogP contribution in [0.1, 0.15) is 54.9 Å². The van der Waals surface area contributed by atoms with Crippen molar-refractivity contribution < 1.29 is 4.79 Å². The summed E-state index contributed by atoms with van der Waals surface area (Å²) >= 11 is 3.69. The first-order valence-corrected chi connectivity index (χ1v) is 17.3. The summed E-state index contributed by atoms with van der Waals surface area (Å²) in [5, 5.41) is 0. The summed E-state index contributed by atoms with van der Waals surface area (Å²) in [6.45, 7) is 8.28. The van der Waals surface area contributed by atoms with Crippen molar-refractivity contribution in [2.75, 3.05) is 9.80 Å². The van der Waals surface area contributed by atoms with E-state index in [9.17, 15) is 4.79 Å². The van der Waals surface area contributed by atoms with E-state index in [4.69, 9.17) is 0 Å². The molecule has 49 heavy (non-hydrogen) atoms. The number of anilines is 6. The van der Waals surface area contributed by atoms with Crippen LogP contribution in [0.5, 0.6) is 0 Å². The highest BCUT2D eigenvalue weighted by atomic mass is 79.9. The maximum Gasteiger partial charge on any atom is 0.150 e. The molecule has 3 nitrogen and oxygen atoms in total. The molecule has 0 spiro atoms. The molecule has 6 aromatic rings. The third-order valence-electron chi connectivity index (χ3n) is 9.23. The smallest absolute Gasteiger partial charge is 0.150 e. The van der Waals surface area contributed by atoms with Gasteiger partial charge in [0.15, 0.2) is 6.29 Å². The molecule has 4 heteroatoms. The zero-order valence-corrected chi connectivity index (χ0v) is 29.7. The third kappa shape index (κ3) is 6.16. The van der Waals surface area contributed by atoms with Gasteiger partial charge in [-0.1, -0.05) is 113 Å². The summed E-state index contributed by atoms with van der Waals surface area (Å²) in [5.74, 6) is 0. The maximum absolute atomic E-state index is 11.4. The highest BCUT2D eigenvalue weighted by molar-refractivity contribution is 9.10. The summed E-state index contributed by atoms with van der Waals surface area (Å²) in [6.07, 6.45) is 9.67. The zero-order chi connectivity index (χ0) is 34.1. The molecule has 0 fully saturated rings. The topological polar surface area (TPSA) is 23.6 Å². The fourth-order valence-electron chi connectivity index (χ4n) is 6.82. The number of hydrogen-bond donors (Lipinski definition) is 0. The van der Waals surface area contributed by atoms with Gasteiger partial charge in [-0.25, -0.2) is 0 Å². The molecule has 8 rings (SSSR count). The molecule has 2 aliphatic rings. The predicted octanol–water partition coefficient (Wildman–Crippen LogP) is 13.1. The average molecular weight is 702 g/mol. The number of fused-ring (bicyclic) bond motifs is 4. The van der Waals surface area contributed by atoms with Crippen LogP contribution in [0.2, 0.25) is 0 Å². The van der Waals surface area contributed by atoms with Crippen molar-refractivity contribution in [1.82, 2.24) is 0 Å². The van der Waals surface area contributed by atoms with E-state index in [1.54, 1.807) is 0 Å². The molecule has 240 valence electrons. The van der Waals surface area contributed by atoms with Crippen LogP contribution in [0.25, 0.3) is 24.3 Å². The van der Waals surface area contributed by atoms with Crippen LogP contribution in [0, 0.1) is 27.7 Å². The Kier molecular flexibility index (Phi) is 8.90. The Morgan fingerprint density at radius 1 is 0.449 bits per heavy atom. The molecule has 2 heterocycles. The molecular formula is C45H37BrN2O. The number of hydrogen-bond acceptors (Lipinski definition) is 3. The standard InChI is InChI=1S/C23H19NO.C22H18BrN/c1-16-13-20(14-17(2)21(16)15-25)24-22-9-5-3-7-18(22)11-12-19-8-4-6-10-23(19)24;1-15-13-19(14-16(2)22(15)23)24-20-9-5-3-7-17(20)11-12-18-8-4-6-10-21(18)24/h3-15H,1-2H3;3-14H,1-2H3. The first-order valence-electron chi connectivity index (χ1n) is 16.5. The van der Waals surface area contributed by atoms with Crippen molar-refractivity contribution in [3.8, 4) is 0 Å². The fraction of sp³-hybridized carbons (Fsp3) is 0.0889. The van der Waals surface area contributed by atoms with E-state index in [2.05, 4.69) is 185 Å². The molecule has 0 aromatic heterocycles. The lowest BCUT2D eigenvalue weighted by molar-refractivity contribution is 0.112. The zero-order valence-electron chi connectivity index (χ0n) is 28.1. The minimum Gasteiger partial charge on any atom is -0.309 e. The van der Waals surface area contributed by atoms with Crippen LogP contribution in [0.15, 0.2) is 126 Å². The molecule has 0 aliphatic carbocycles. The molecule has 0 bridgehead atoms. The van der Waals surface area contributed by atoms with Gasteiger partial charge in [-0.15, -0.1) is 0 Å². The van der Waals surface area contributed by atoms with Gasteiger partial charge in [0.2, 0.25) is 0 Å². The van der Waals surface area contributed by atoms with Gasteiger partial charge in [-0.3, -0.25) is 4.79 Å². The molecule has 2 aliphatic heterocycles. The van der Waals surface area contributed by atoms with Gasteiger partial charge < -0.3 is 9.80 Å². The Hall–Kier alpha value is -5.45. The molecule has 0 unspecified atom stereocenters. The second kappa shape index (κ2) is 13.6. The van der Waals surface area contributed by atoms with Crippen molar-refractivity contribution in [2.24, 2.45) is 0 Å². The van der Waals surface area contributed by atoms with Crippen molar-refractivity contribution in [3.05, 3.63) is 176 Å². The second-order valence-corrected chi connectivity index (χ2v) is 13.4. The first kappa shape index (κ1) is 32.1. The summed E-state index contributed by atoms with van der Waals surface area (Å²) in [7, 11) is 0. The van der Waals surface area contributed by atoms with E-state index in [-0.39, 0.29) is 0 Å². The number of aldehydes is 1. The lowest BCUT2D eigenvalue weighted by Crippen LogP contribution is -2.12. The van der Waals surface area contributed by atoms with Crippen LogP contribution < -0.4 is 9.80 Å². The minimum atomic E-state index is 0.776. The monoisotopic (exact) mass is 700 g/mol. The highest BCUT2D eigenvalue weighted by Crippen LogP contribution is 2.44. The van der Waals surface area contributed by atoms with E-state index in [0.717, 1.165) is 40.0 Å². The number of aryl methyl sites for hydroxylation is 4. The van der Waals surface area contributed by atoms with Crippen molar-refractivity contribution in [1.29, 1.82) is 0 Å². The minimum absolute atomic E-state index is 0.776. The lowest BCUT2D eigenvalue weighted by atomic mass is 10.0. The van der Waals surface area contributed by atoms with E-state index < -0.39 is 0 Å². The second-order valence-electron chi connectivity index (χ2n) is 12.6. The molecule has 0 amide bonds. The van der Waals surface area contributed by atoms with Crippen molar-refractivity contribution >= 4 is 80.6 Å². The summed E-state index contributed by atoms with van der Waals surface area (Å²) in [4.78, 5) is 16.0. The lowest BCUT2D eigenvalue weighted by Gasteiger charge is -2.28. The quantitative estimate of drug-likeness (QED) is 0.171. The number of nitrogens with zero attached hydrogens (tertiary/aromatic N) is 2. The number of carbonyl (C=O) groups is 1. The van der Waals surface area contributed by atoms with Gasteiger partial charge in [0, 0.05) is 21.4 Å². The van der Waals surface area contributed by atoms with E-state index in [1.807, 2.05) is 13.8 Å². The Labute approximate surface area is 297 Å². The number of halogens is 1. The molecule has 0 atom stereocenters. The van der Waals surface area contributed by atoms with Crippen LogP contribution in [-0.4, -0.2) is 6.29 Å². The van der Waals surface area contributed by atoms with Gasteiger partial charge >= 0.3 is 0 Å². The Morgan fingerprint density at radius 3 is 1.04 bits per heavy atom. The Bertz CT molecular complexity index is 2140. The average Bonchev–Trinajstić information content (AvgIpc) is 3.39. The van der Waals surface area contributed by atoms with Crippen molar-refractivity contribution in [2.45, 2.75) is 27.7 Å². The molecular weight excluding hydrogens is 664 g/mol. The van der Waals surface area contributed by atoms with E-state index in [0.29, 0.717) is 0 Å². The largest absolute Gasteiger partial charge is 0.309 e. The van der Waals surface area contributed by atoms with E-state index in [1.165, 1.54) is 54.9 Å². The Morgan fingerprint density at radius 2 is 0.735 bits per heavy atom. The summed E-state index contributed by atoms with van der Waals surface area (Å²) < 4.78 is 1.18. The molecule has 0 saturated heterocycles. The normalized spacial score (nSPS) is 12.4. The number of para-hydroxylation sites is 4. The van der Waals surface area contributed by atoms with Crippen molar-refractivity contribution in [3.63, 3.8) is 0 Å². The van der Waals surface area contributed by atoms with Gasteiger partial charge in [0.05, 0.1) is 22.7 Å². The summed E-state index contributed by atoms with van der Waals surface area (Å²) in [6, 6.07) is 42.6. The van der Waals surface area contributed by atoms with Crippen LogP contribution in [0.3, 0.4) is 0 Å². The van der Waals surface area contributed by atoms with Crippen LogP contribution >= 0.6 is 15.9 Å². The first-order chi connectivity index (χ1) is 23.8. The molecule has 0 saturated carbocycles. The maximum atomic E-state index is 11.4. The number of carbonyl (C=O) groups excluding carboxylic acids is 1. The van der Waals surface area contributed by atoms with Gasteiger partial charge in [-0.2, -0.15) is 0 Å². The summed E-state index contributed by atoms with van der Waals surface area (Å²) in [5.41, 5.74) is 17.0. The number of benzene rings is 6. The predicted molar refractivity (Wildman–Crippen MR) is 212 cm³/mol. The van der Waals surface area contributed by atoms with Crippen LogP contribution in [0.4, 0.5) is 34.1 Å². The van der Waals surface area contributed by atoms with Gasteiger partial charge in [0.1, 0.15) is 0 Å². The number of rotatable bonds is 3. The van der Waals surface area contributed by atoms with Gasteiger partial charge in [0.25, 0.3) is 0 Å². The fourth-order valence-corrected chi connectivity index (χ4v) is 7.05. The highest BCUT2D eigenvalue weighted by Gasteiger charge is 2.22. The van der Waals surface area contributed by atoms with Crippen LogP contribution in [-0.2, 0) is 0 Å². The van der Waals surface area contributed by atoms with E-state index >= 15 is 0 Å². The molecule has 6 aromatic carbocycles. The molecule has 0 radical (unpaired) electrons. The third-order valence-corrected chi connectivity index (χ3v) is 10.5.